The lowest BCUT2D eigenvalue weighted by molar-refractivity contribution is -0.128. The quantitative estimate of drug-likeness (QED) is 0.586. The second-order valence-corrected chi connectivity index (χ2v) is 8.46. The van der Waals surface area contributed by atoms with Crippen LogP contribution in [0.2, 0.25) is 0 Å². The Bertz CT molecular complexity index is 1570. The summed E-state index contributed by atoms with van der Waals surface area (Å²) in [6, 6.07) is 7.19. The van der Waals surface area contributed by atoms with Crippen molar-refractivity contribution < 1.29 is 19.3 Å². The van der Waals surface area contributed by atoms with E-state index in [-0.39, 0.29) is 5.91 Å². The van der Waals surface area contributed by atoms with Crippen molar-refractivity contribution in [2.75, 3.05) is 6.54 Å². The standard InChI is InChI=1S/C25H21N7O4/c1-15-27-24(30-36-15)18-8-7-17(13-26-18)35-22-12-20-19(11-16(22)14-31-9-4-6-23(31)33)28-25(29-20)21-5-2-3-10-32(21)34/h2-3,5,7-8,10-13,34H,4,6,9,14H2,1H3/b25-21-. The van der Waals surface area contributed by atoms with Crippen molar-refractivity contribution in [3.8, 4) is 23.0 Å². The van der Waals surface area contributed by atoms with Crippen molar-refractivity contribution >= 4 is 5.91 Å². The summed E-state index contributed by atoms with van der Waals surface area (Å²) in [6.45, 7) is 2.81. The SMILES string of the molecule is Cc1nc(-c2ccc(Oc3cc4c(cc3CN3CCCC3=O)=N/C(=C3\C=CC=CN3O)N=4)cn2)no1. The highest BCUT2D eigenvalue weighted by Gasteiger charge is 2.23. The van der Waals surface area contributed by atoms with Gasteiger partial charge in [0.25, 0.3) is 0 Å². The third-order valence-corrected chi connectivity index (χ3v) is 5.93. The molecule has 0 bridgehead atoms. The summed E-state index contributed by atoms with van der Waals surface area (Å²) in [4.78, 5) is 31.9. The van der Waals surface area contributed by atoms with E-state index in [9.17, 15) is 10.0 Å². The molecule has 3 aliphatic heterocycles. The van der Waals surface area contributed by atoms with Gasteiger partial charge in [0.2, 0.25) is 17.6 Å². The molecule has 0 spiro atoms. The summed E-state index contributed by atoms with van der Waals surface area (Å²) < 4.78 is 11.2. The van der Waals surface area contributed by atoms with Crippen molar-refractivity contribution in [3.63, 3.8) is 0 Å². The number of aryl methyl sites for hydroxylation is 1. The number of aromatic nitrogens is 3. The molecule has 36 heavy (non-hydrogen) atoms. The highest BCUT2D eigenvalue weighted by Crippen LogP contribution is 2.27. The molecular formula is C25H21N7O4. The van der Waals surface area contributed by atoms with Crippen LogP contribution in [0.5, 0.6) is 11.5 Å². The third kappa shape index (κ3) is 4.16. The van der Waals surface area contributed by atoms with Gasteiger partial charge in [0, 0.05) is 44.3 Å². The first-order valence-electron chi connectivity index (χ1n) is 11.4. The topological polar surface area (TPSA) is 130 Å². The molecule has 1 fully saturated rings. The van der Waals surface area contributed by atoms with Gasteiger partial charge in [-0.15, -0.1) is 0 Å². The van der Waals surface area contributed by atoms with Gasteiger partial charge >= 0.3 is 0 Å². The molecule has 2 aromatic heterocycles. The van der Waals surface area contributed by atoms with Gasteiger partial charge in [-0.25, -0.2) is 20.0 Å². The Morgan fingerprint density at radius 1 is 1.17 bits per heavy atom. The maximum absolute atomic E-state index is 12.3. The van der Waals surface area contributed by atoms with Crippen LogP contribution in [0, 0.1) is 6.92 Å². The van der Waals surface area contributed by atoms with Gasteiger partial charge in [0.05, 0.1) is 16.9 Å². The molecule has 11 nitrogen and oxygen atoms in total. The summed E-state index contributed by atoms with van der Waals surface area (Å²) in [6.07, 6.45) is 9.72. The lowest BCUT2D eigenvalue weighted by atomic mass is 10.1. The number of ether oxygens (including phenoxy) is 1. The molecule has 11 heteroatoms. The number of benzene rings is 1. The van der Waals surface area contributed by atoms with Crippen LogP contribution in [0.3, 0.4) is 0 Å². The van der Waals surface area contributed by atoms with E-state index in [1.54, 1.807) is 49.5 Å². The summed E-state index contributed by atoms with van der Waals surface area (Å²) in [5.41, 5.74) is 1.82. The molecule has 1 saturated heterocycles. The number of rotatable bonds is 5. The number of nitrogens with zero attached hydrogens (tertiary/aromatic N) is 7. The molecule has 180 valence electrons. The average molecular weight is 483 g/mol. The van der Waals surface area contributed by atoms with Gasteiger partial charge in [0.1, 0.15) is 22.9 Å². The lowest BCUT2D eigenvalue weighted by Gasteiger charge is -2.18. The Morgan fingerprint density at radius 3 is 2.72 bits per heavy atom. The van der Waals surface area contributed by atoms with Gasteiger partial charge < -0.3 is 14.2 Å². The Kier molecular flexibility index (Phi) is 5.38. The average Bonchev–Trinajstić information content (AvgIpc) is 3.60. The maximum atomic E-state index is 12.3. The van der Waals surface area contributed by atoms with E-state index in [1.165, 1.54) is 6.20 Å². The van der Waals surface area contributed by atoms with Crippen LogP contribution in [-0.4, -0.2) is 42.7 Å². The number of allylic oxidation sites excluding steroid dienone is 3. The fourth-order valence-electron chi connectivity index (χ4n) is 4.16. The van der Waals surface area contributed by atoms with Crippen molar-refractivity contribution in [2.45, 2.75) is 26.3 Å². The Hall–Kier alpha value is -4.64. The Morgan fingerprint density at radius 2 is 2.03 bits per heavy atom. The van der Waals surface area contributed by atoms with E-state index in [0.717, 1.165) is 17.0 Å². The van der Waals surface area contributed by atoms with E-state index < -0.39 is 0 Å². The second-order valence-electron chi connectivity index (χ2n) is 8.46. The van der Waals surface area contributed by atoms with Crippen LogP contribution in [0.25, 0.3) is 11.5 Å². The number of carbonyl (C=O) groups excluding carboxylic acids is 1. The third-order valence-electron chi connectivity index (χ3n) is 5.93. The van der Waals surface area contributed by atoms with Crippen LogP contribution in [-0.2, 0) is 11.3 Å². The van der Waals surface area contributed by atoms with Gasteiger partial charge in [-0.05, 0) is 36.8 Å². The van der Waals surface area contributed by atoms with Crippen molar-refractivity contribution in [3.05, 3.63) is 88.6 Å². The maximum Gasteiger partial charge on any atom is 0.223 e. The lowest BCUT2D eigenvalue weighted by Crippen LogP contribution is -2.27. The summed E-state index contributed by atoms with van der Waals surface area (Å²) in [5, 5.41) is 16.3. The van der Waals surface area contributed by atoms with E-state index in [2.05, 4.69) is 25.1 Å². The van der Waals surface area contributed by atoms with Crippen LogP contribution >= 0.6 is 0 Å². The largest absolute Gasteiger partial charge is 0.455 e. The molecule has 0 radical (unpaired) electrons. The fourth-order valence-corrected chi connectivity index (χ4v) is 4.16. The highest BCUT2D eigenvalue weighted by atomic mass is 16.5. The number of fused-ring (bicyclic) bond motifs is 1. The minimum absolute atomic E-state index is 0.113. The van der Waals surface area contributed by atoms with Crippen LogP contribution < -0.4 is 15.5 Å². The second kappa shape index (κ2) is 8.86. The predicted octanol–water partition coefficient (Wildman–Crippen LogP) is 2.55. The Labute approximate surface area is 205 Å². The van der Waals surface area contributed by atoms with Gasteiger partial charge in [-0.3, -0.25) is 10.0 Å². The first kappa shape index (κ1) is 21.9. The molecule has 1 aromatic carbocycles. The summed E-state index contributed by atoms with van der Waals surface area (Å²) >= 11 is 0. The molecule has 0 unspecified atom stereocenters. The zero-order valence-electron chi connectivity index (χ0n) is 19.3. The van der Waals surface area contributed by atoms with Gasteiger partial charge in [0.15, 0.2) is 5.82 Å². The molecule has 0 atom stereocenters. The summed E-state index contributed by atoms with van der Waals surface area (Å²) in [7, 11) is 0. The van der Waals surface area contributed by atoms with Crippen molar-refractivity contribution in [1.29, 1.82) is 0 Å². The number of hydrogen-bond acceptors (Lipinski definition) is 10. The zero-order chi connectivity index (χ0) is 24.6. The minimum Gasteiger partial charge on any atom is -0.455 e. The first-order chi connectivity index (χ1) is 17.5. The molecular weight excluding hydrogens is 462 g/mol. The molecule has 3 aliphatic rings. The Balaban J connectivity index is 1.36. The van der Waals surface area contributed by atoms with Gasteiger partial charge in [-0.2, -0.15) is 4.98 Å². The number of hydrogen-bond donors (Lipinski definition) is 1. The van der Waals surface area contributed by atoms with Crippen molar-refractivity contribution in [1.82, 2.24) is 25.1 Å². The molecule has 0 aliphatic carbocycles. The number of likely N-dealkylation sites (tertiary alicyclic amines) is 1. The first-order valence-corrected chi connectivity index (χ1v) is 11.4. The molecule has 0 saturated carbocycles. The van der Waals surface area contributed by atoms with E-state index >= 15 is 0 Å². The summed E-state index contributed by atoms with van der Waals surface area (Å²) in [5.74, 6) is 2.40. The predicted molar refractivity (Wildman–Crippen MR) is 125 cm³/mol. The zero-order valence-corrected chi connectivity index (χ0v) is 19.3. The number of pyridine rings is 1. The molecule has 6 rings (SSSR count). The van der Waals surface area contributed by atoms with E-state index in [0.29, 0.717) is 70.7 Å². The fraction of sp³-hybridized carbons (Fsp3) is 0.200. The molecule has 5 heterocycles. The minimum atomic E-state index is 0.113. The monoisotopic (exact) mass is 483 g/mol. The number of amides is 1. The molecule has 3 aromatic rings. The van der Waals surface area contributed by atoms with Crippen LogP contribution in [0.1, 0.15) is 24.3 Å². The highest BCUT2D eigenvalue weighted by molar-refractivity contribution is 5.78. The van der Waals surface area contributed by atoms with Crippen LogP contribution in [0.15, 0.2) is 80.9 Å². The van der Waals surface area contributed by atoms with E-state index in [4.69, 9.17) is 9.26 Å². The van der Waals surface area contributed by atoms with Gasteiger partial charge in [-0.1, -0.05) is 11.2 Å². The molecule has 1 amide bonds. The van der Waals surface area contributed by atoms with Crippen LogP contribution in [0.4, 0.5) is 0 Å². The molecule has 1 N–H and O–H groups in total. The normalized spacial score (nSPS) is 18.4. The number of carbonyl (C=O) groups is 1. The van der Waals surface area contributed by atoms with Crippen molar-refractivity contribution in [2.24, 2.45) is 9.98 Å². The van der Waals surface area contributed by atoms with E-state index in [1.807, 2.05) is 11.0 Å². The number of hydroxylamine groups is 2. The smallest absolute Gasteiger partial charge is 0.223 e.